The van der Waals surface area contributed by atoms with Gasteiger partial charge in [0.1, 0.15) is 0 Å². The molecule has 1 aliphatic heterocycles. The van der Waals surface area contributed by atoms with E-state index in [0.717, 1.165) is 0 Å². The summed E-state index contributed by atoms with van der Waals surface area (Å²) in [7, 11) is 0. The zero-order valence-corrected chi connectivity index (χ0v) is 8.28. The Hall–Kier alpha value is -1.28. The predicted molar refractivity (Wildman–Crippen MR) is 56.5 cm³/mol. The molecule has 0 N–H and O–H groups in total. The minimum Gasteiger partial charge on any atom is -0.322 e. The van der Waals surface area contributed by atoms with Gasteiger partial charge in [0.2, 0.25) is 0 Å². The number of imidazole rings is 1. The number of fused-ring (bicyclic) bond motifs is 3. The van der Waals surface area contributed by atoms with Crippen molar-refractivity contribution in [1.82, 2.24) is 9.55 Å². The van der Waals surface area contributed by atoms with Gasteiger partial charge in [-0.2, -0.15) is 0 Å². The summed E-state index contributed by atoms with van der Waals surface area (Å²) in [5.41, 5.74) is 3.74. The Kier molecular flexibility index (Phi) is 1.64. The first-order valence-electron chi connectivity index (χ1n) is 4.59. The second kappa shape index (κ2) is 2.85. The van der Waals surface area contributed by atoms with E-state index in [-0.39, 0.29) is 6.04 Å². The lowest BCUT2D eigenvalue weighted by atomic mass is 10.0. The number of halogens is 1. The summed E-state index contributed by atoms with van der Waals surface area (Å²) in [5, 5.41) is 0. The number of aromatic nitrogens is 2. The van der Waals surface area contributed by atoms with Crippen LogP contribution in [0.1, 0.15) is 11.6 Å². The summed E-state index contributed by atoms with van der Waals surface area (Å²) in [6.45, 7) is 0. The number of alkyl halides is 1. The summed E-state index contributed by atoms with van der Waals surface area (Å²) in [4.78, 5) is 4.15. The zero-order chi connectivity index (χ0) is 9.54. The van der Waals surface area contributed by atoms with Crippen LogP contribution >= 0.6 is 11.6 Å². The maximum atomic E-state index is 5.97. The topological polar surface area (TPSA) is 17.8 Å². The lowest BCUT2D eigenvalue weighted by Gasteiger charge is -2.09. The molecule has 1 aromatic heterocycles. The van der Waals surface area contributed by atoms with E-state index < -0.39 is 0 Å². The third-order valence-corrected chi connectivity index (χ3v) is 3.04. The van der Waals surface area contributed by atoms with Gasteiger partial charge in [-0.15, -0.1) is 11.6 Å². The van der Waals surface area contributed by atoms with E-state index in [1.54, 1.807) is 0 Å². The van der Waals surface area contributed by atoms with Crippen LogP contribution in [-0.2, 0) is 0 Å². The molecule has 0 bridgehead atoms. The van der Waals surface area contributed by atoms with Crippen LogP contribution in [0, 0.1) is 0 Å². The number of rotatable bonds is 1. The van der Waals surface area contributed by atoms with Gasteiger partial charge < -0.3 is 4.57 Å². The fourth-order valence-electron chi connectivity index (χ4n) is 2.09. The fourth-order valence-corrected chi connectivity index (χ4v) is 2.40. The highest BCUT2D eigenvalue weighted by Gasteiger charge is 2.26. The highest BCUT2D eigenvalue weighted by Crippen LogP contribution is 2.39. The lowest BCUT2D eigenvalue weighted by molar-refractivity contribution is 0.678. The number of benzene rings is 1. The minimum atomic E-state index is 0.255. The molecule has 0 saturated carbocycles. The largest absolute Gasteiger partial charge is 0.322 e. The SMILES string of the molecule is ClCC1c2ccccc2-c2cncn21. The smallest absolute Gasteiger partial charge is 0.0957 e. The van der Waals surface area contributed by atoms with Crippen molar-refractivity contribution >= 4 is 11.6 Å². The van der Waals surface area contributed by atoms with Gasteiger partial charge in [-0.25, -0.2) is 4.98 Å². The third-order valence-electron chi connectivity index (χ3n) is 2.74. The molecule has 0 aliphatic carbocycles. The summed E-state index contributed by atoms with van der Waals surface area (Å²) >= 11 is 5.97. The van der Waals surface area contributed by atoms with Crippen molar-refractivity contribution < 1.29 is 0 Å². The van der Waals surface area contributed by atoms with Crippen LogP contribution < -0.4 is 0 Å². The molecule has 0 spiro atoms. The standard InChI is InChI=1S/C11H9ClN2/c12-5-10-8-3-1-2-4-9(8)11-6-13-7-14(10)11/h1-4,6-7,10H,5H2. The molecule has 14 heavy (non-hydrogen) atoms. The second-order valence-electron chi connectivity index (χ2n) is 3.44. The van der Waals surface area contributed by atoms with E-state index in [1.807, 2.05) is 18.6 Å². The van der Waals surface area contributed by atoms with E-state index in [9.17, 15) is 0 Å². The van der Waals surface area contributed by atoms with Crippen molar-refractivity contribution in [3.63, 3.8) is 0 Å². The molecule has 1 atom stereocenters. The van der Waals surface area contributed by atoms with Crippen molar-refractivity contribution in [3.8, 4) is 11.3 Å². The highest BCUT2D eigenvalue weighted by molar-refractivity contribution is 6.18. The molecule has 3 rings (SSSR count). The zero-order valence-electron chi connectivity index (χ0n) is 7.52. The quantitative estimate of drug-likeness (QED) is 0.654. The molecule has 1 aromatic carbocycles. The first kappa shape index (κ1) is 8.06. The average molecular weight is 205 g/mol. The Labute approximate surface area is 87.2 Å². The molecule has 2 heterocycles. The predicted octanol–water partition coefficient (Wildman–Crippen LogP) is 2.69. The number of nitrogens with zero attached hydrogens (tertiary/aromatic N) is 2. The van der Waals surface area contributed by atoms with Gasteiger partial charge in [0.15, 0.2) is 0 Å². The molecule has 2 nitrogen and oxygen atoms in total. The highest BCUT2D eigenvalue weighted by atomic mass is 35.5. The number of hydrogen-bond donors (Lipinski definition) is 0. The Bertz CT molecular complexity index is 476. The van der Waals surface area contributed by atoms with Gasteiger partial charge in [0.25, 0.3) is 0 Å². The van der Waals surface area contributed by atoms with Crippen LogP contribution in [0.15, 0.2) is 36.8 Å². The Balaban J connectivity index is 2.30. The molecular formula is C11H9ClN2. The summed E-state index contributed by atoms with van der Waals surface area (Å²) in [6.07, 6.45) is 3.74. The van der Waals surface area contributed by atoms with Crippen LogP contribution in [0.5, 0.6) is 0 Å². The molecular weight excluding hydrogens is 196 g/mol. The van der Waals surface area contributed by atoms with Crippen LogP contribution in [0.3, 0.4) is 0 Å². The molecule has 1 unspecified atom stereocenters. The normalized spacial score (nSPS) is 17.9. The minimum absolute atomic E-state index is 0.255. The van der Waals surface area contributed by atoms with Crippen LogP contribution in [0.2, 0.25) is 0 Å². The summed E-state index contributed by atoms with van der Waals surface area (Å²) in [5.74, 6) is 0.598. The van der Waals surface area contributed by atoms with E-state index >= 15 is 0 Å². The second-order valence-corrected chi connectivity index (χ2v) is 3.75. The molecule has 1 aliphatic rings. The van der Waals surface area contributed by atoms with Gasteiger partial charge in [-0.05, 0) is 5.56 Å². The third kappa shape index (κ3) is 0.891. The molecule has 70 valence electrons. The van der Waals surface area contributed by atoms with E-state index in [2.05, 4.69) is 27.8 Å². The van der Waals surface area contributed by atoms with E-state index in [1.165, 1.54) is 16.8 Å². The number of hydrogen-bond acceptors (Lipinski definition) is 1. The Morgan fingerprint density at radius 3 is 3.07 bits per heavy atom. The van der Waals surface area contributed by atoms with Crippen LogP contribution in [0.25, 0.3) is 11.3 Å². The molecule has 0 amide bonds. The van der Waals surface area contributed by atoms with Crippen molar-refractivity contribution in [2.45, 2.75) is 6.04 Å². The first-order valence-corrected chi connectivity index (χ1v) is 5.12. The maximum Gasteiger partial charge on any atom is 0.0957 e. The fraction of sp³-hybridized carbons (Fsp3) is 0.182. The van der Waals surface area contributed by atoms with Gasteiger partial charge in [-0.3, -0.25) is 0 Å². The molecule has 0 radical (unpaired) electrons. The van der Waals surface area contributed by atoms with Crippen molar-refractivity contribution in [2.24, 2.45) is 0 Å². The Morgan fingerprint density at radius 1 is 1.36 bits per heavy atom. The molecule has 3 heteroatoms. The van der Waals surface area contributed by atoms with E-state index in [4.69, 9.17) is 11.6 Å². The lowest BCUT2D eigenvalue weighted by Crippen LogP contribution is -2.05. The van der Waals surface area contributed by atoms with Crippen LogP contribution in [-0.4, -0.2) is 15.4 Å². The molecule has 2 aromatic rings. The maximum absolute atomic E-state index is 5.97. The van der Waals surface area contributed by atoms with Gasteiger partial charge in [0, 0.05) is 11.4 Å². The van der Waals surface area contributed by atoms with Gasteiger partial charge >= 0.3 is 0 Å². The monoisotopic (exact) mass is 204 g/mol. The Morgan fingerprint density at radius 2 is 2.21 bits per heavy atom. The van der Waals surface area contributed by atoms with E-state index in [0.29, 0.717) is 5.88 Å². The first-order chi connectivity index (χ1) is 6.92. The average Bonchev–Trinajstić information content (AvgIpc) is 2.77. The molecule has 0 saturated heterocycles. The van der Waals surface area contributed by atoms with Crippen molar-refractivity contribution in [2.75, 3.05) is 5.88 Å². The van der Waals surface area contributed by atoms with Gasteiger partial charge in [-0.1, -0.05) is 24.3 Å². The van der Waals surface area contributed by atoms with Gasteiger partial charge in [0.05, 0.1) is 24.3 Å². The van der Waals surface area contributed by atoms with Crippen molar-refractivity contribution in [1.29, 1.82) is 0 Å². The van der Waals surface area contributed by atoms with Crippen LogP contribution in [0.4, 0.5) is 0 Å². The van der Waals surface area contributed by atoms with Crippen molar-refractivity contribution in [3.05, 3.63) is 42.4 Å². The summed E-state index contributed by atoms with van der Waals surface area (Å²) in [6, 6.07) is 8.61. The summed E-state index contributed by atoms with van der Waals surface area (Å²) < 4.78 is 2.14. The molecule has 0 fully saturated rings.